The van der Waals surface area contributed by atoms with Gasteiger partial charge in [-0.1, -0.05) is 18.2 Å². The van der Waals surface area contributed by atoms with Gasteiger partial charge in [-0.15, -0.1) is 0 Å². The van der Waals surface area contributed by atoms with Crippen molar-refractivity contribution < 1.29 is 9.13 Å². The molecular weight excluding hydrogens is 253 g/mol. The fourth-order valence-electron chi connectivity index (χ4n) is 2.56. The van der Waals surface area contributed by atoms with Crippen molar-refractivity contribution in [3.05, 3.63) is 64.5 Å². The van der Waals surface area contributed by atoms with Gasteiger partial charge in [0, 0.05) is 6.07 Å². The largest absolute Gasteiger partial charge is 0.489 e. The Morgan fingerprint density at radius 3 is 2.75 bits per heavy atom. The van der Waals surface area contributed by atoms with E-state index in [1.54, 1.807) is 12.1 Å². The molecule has 3 rings (SSSR count). The number of nitriles is 1. The Morgan fingerprint density at radius 1 is 1.10 bits per heavy atom. The predicted octanol–water partition coefficient (Wildman–Crippen LogP) is 3.77. The smallest absolute Gasteiger partial charge is 0.144 e. The summed E-state index contributed by atoms with van der Waals surface area (Å²) in [4.78, 5) is 0. The van der Waals surface area contributed by atoms with Crippen LogP contribution in [-0.2, 0) is 19.4 Å². The average Bonchev–Trinajstić information content (AvgIpc) is 2.92. The maximum absolute atomic E-state index is 13.5. The van der Waals surface area contributed by atoms with Crippen LogP contribution >= 0.6 is 0 Å². The molecule has 100 valence electrons. The lowest BCUT2D eigenvalue weighted by atomic mass is 10.1. The van der Waals surface area contributed by atoms with Crippen LogP contribution in [0.25, 0.3) is 0 Å². The summed E-state index contributed by atoms with van der Waals surface area (Å²) in [5.74, 6) is -0.0963. The second-order valence-corrected chi connectivity index (χ2v) is 5.00. The third-order valence-corrected chi connectivity index (χ3v) is 3.63. The summed E-state index contributed by atoms with van der Waals surface area (Å²) in [6, 6.07) is 12.5. The fraction of sp³-hybridized carbons (Fsp3) is 0.235. The summed E-state index contributed by atoms with van der Waals surface area (Å²) in [5, 5.41) is 8.68. The van der Waals surface area contributed by atoms with Gasteiger partial charge in [0.25, 0.3) is 0 Å². The van der Waals surface area contributed by atoms with Gasteiger partial charge in [0.1, 0.15) is 24.2 Å². The number of hydrogen-bond acceptors (Lipinski definition) is 2. The normalized spacial score (nSPS) is 12.8. The molecule has 3 heteroatoms. The number of benzene rings is 2. The fourth-order valence-corrected chi connectivity index (χ4v) is 2.56. The number of aryl methyl sites for hydroxylation is 2. The van der Waals surface area contributed by atoms with E-state index in [1.165, 1.54) is 29.7 Å². The lowest BCUT2D eigenvalue weighted by Gasteiger charge is -2.08. The van der Waals surface area contributed by atoms with E-state index in [2.05, 4.69) is 18.2 Å². The standard InChI is InChI=1S/C17H14FNO/c18-17-9-16(7-6-15(17)10-19)20-11-12-4-5-13-2-1-3-14(13)8-12/h4-9H,1-3,11H2. The van der Waals surface area contributed by atoms with Crippen LogP contribution in [0.4, 0.5) is 4.39 Å². The van der Waals surface area contributed by atoms with Gasteiger partial charge in [0.05, 0.1) is 5.56 Å². The van der Waals surface area contributed by atoms with E-state index in [0.717, 1.165) is 18.4 Å². The van der Waals surface area contributed by atoms with E-state index >= 15 is 0 Å². The van der Waals surface area contributed by atoms with Gasteiger partial charge < -0.3 is 4.74 Å². The van der Waals surface area contributed by atoms with Crippen molar-refractivity contribution in [2.45, 2.75) is 25.9 Å². The van der Waals surface area contributed by atoms with Crippen LogP contribution in [0, 0.1) is 17.1 Å². The monoisotopic (exact) mass is 267 g/mol. The Hall–Kier alpha value is -2.34. The molecular formula is C17H14FNO. The second-order valence-electron chi connectivity index (χ2n) is 5.00. The molecule has 0 heterocycles. The Kier molecular flexibility index (Phi) is 3.39. The first-order chi connectivity index (χ1) is 9.76. The number of halogens is 1. The lowest BCUT2D eigenvalue weighted by molar-refractivity contribution is 0.304. The third kappa shape index (κ3) is 2.50. The maximum atomic E-state index is 13.5. The highest BCUT2D eigenvalue weighted by molar-refractivity contribution is 5.37. The molecule has 0 saturated carbocycles. The zero-order valence-electron chi connectivity index (χ0n) is 11.0. The van der Waals surface area contributed by atoms with E-state index < -0.39 is 5.82 Å². The summed E-state index contributed by atoms with van der Waals surface area (Å²) < 4.78 is 19.0. The first-order valence-electron chi connectivity index (χ1n) is 6.69. The molecule has 0 N–H and O–H groups in total. The van der Waals surface area contributed by atoms with E-state index in [1.807, 2.05) is 0 Å². The van der Waals surface area contributed by atoms with Gasteiger partial charge in [-0.25, -0.2) is 4.39 Å². The van der Waals surface area contributed by atoms with Gasteiger partial charge in [-0.3, -0.25) is 0 Å². The molecule has 1 aliphatic rings. The number of hydrogen-bond donors (Lipinski definition) is 0. The van der Waals surface area contributed by atoms with Crippen LogP contribution in [0.1, 0.15) is 28.7 Å². The van der Waals surface area contributed by atoms with Gasteiger partial charge in [-0.2, -0.15) is 5.26 Å². The summed E-state index contributed by atoms with van der Waals surface area (Å²) >= 11 is 0. The molecule has 2 nitrogen and oxygen atoms in total. The second kappa shape index (κ2) is 5.34. The summed E-state index contributed by atoms with van der Waals surface area (Å²) in [7, 11) is 0. The highest BCUT2D eigenvalue weighted by Crippen LogP contribution is 2.24. The molecule has 20 heavy (non-hydrogen) atoms. The summed E-state index contributed by atoms with van der Waals surface area (Å²) in [5.41, 5.74) is 3.96. The molecule has 0 radical (unpaired) electrons. The zero-order chi connectivity index (χ0) is 13.9. The van der Waals surface area contributed by atoms with Crippen LogP contribution < -0.4 is 4.74 Å². The van der Waals surface area contributed by atoms with E-state index in [-0.39, 0.29) is 5.56 Å². The topological polar surface area (TPSA) is 33.0 Å². The van der Waals surface area contributed by atoms with Crippen LogP contribution in [0.15, 0.2) is 36.4 Å². The quantitative estimate of drug-likeness (QED) is 0.848. The van der Waals surface area contributed by atoms with Crippen molar-refractivity contribution in [2.24, 2.45) is 0 Å². The number of rotatable bonds is 3. The van der Waals surface area contributed by atoms with Gasteiger partial charge >= 0.3 is 0 Å². The lowest BCUT2D eigenvalue weighted by Crippen LogP contribution is -1.97. The molecule has 0 bridgehead atoms. The summed E-state index contributed by atoms with van der Waals surface area (Å²) in [6.07, 6.45) is 3.52. The number of ether oxygens (including phenoxy) is 1. The van der Waals surface area contributed by atoms with E-state index in [0.29, 0.717) is 12.4 Å². The van der Waals surface area contributed by atoms with Crippen LogP contribution in [0.5, 0.6) is 5.75 Å². The predicted molar refractivity (Wildman–Crippen MR) is 73.9 cm³/mol. The van der Waals surface area contributed by atoms with Crippen molar-refractivity contribution in [1.82, 2.24) is 0 Å². The highest BCUT2D eigenvalue weighted by Gasteiger charge is 2.11. The minimum atomic E-state index is -0.543. The van der Waals surface area contributed by atoms with Crippen molar-refractivity contribution in [1.29, 1.82) is 5.26 Å². The van der Waals surface area contributed by atoms with Gasteiger partial charge in [0.2, 0.25) is 0 Å². The maximum Gasteiger partial charge on any atom is 0.144 e. The molecule has 1 aliphatic carbocycles. The number of nitrogens with zero attached hydrogens (tertiary/aromatic N) is 1. The van der Waals surface area contributed by atoms with Gasteiger partial charge in [-0.05, 0) is 48.1 Å². The molecule has 0 spiro atoms. The minimum Gasteiger partial charge on any atom is -0.489 e. The van der Waals surface area contributed by atoms with Gasteiger partial charge in [0.15, 0.2) is 0 Å². The van der Waals surface area contributed by atoms with Crippen molar-refractivity contribution in [3.8, 4) is 11.8 Å². The van der Waals surface area contributed by atoms with E-state index in [4.69, 9.17) is 10.00 Å². The van der Waals surface area contributed by atoms with Crippen molar-refractivity contribution in [3.63, 3.8) is 0 Å². The number of fused-ring (bicyclic) bond motifs is 1. The van der Waals surface area contributed by atoms with Crippen LogP contribution in [0.2, 0.25) is 0 Å². The zero-order valence-corrected chi connectivity index (χ0v) is 11.0. The molecule has 0 atom stereocenters. The first kappa shape index (κ1) is 12.7. The van der Waals surface area contributed by atoms with Crippen LogP contribution in [0.3, 0.4) is 0 Å². The Bertz CT molecular complexity index is 677. The Labute approximate surface area is 117 Å². The first-order valence-corrected chi connectivity index (χ1v) is 6.69. The van der Waals surface area contributed by atoms with Crippen LogP contribution in [-0.4, -0.2) is 0 Å². The van der Waals surface area contributed by atoms with Crippen molar-refractivity contribution >= 4 is 0 Å². The molecule has 0 unspecified atom stereocenters. The molecule has 0 aliphatic heterocycles. The SMILES string of the molecule is N#Cc1ccc(OCc2ccc3c(c2)CCC3)cc1F. The minimum absolute atomic E-state index is 0.0369. The summed E-state index contributed by atoms with van der Waals surface area (Å²) in [6.45, 7) is 0.415. The van der Waals surface area contributed by atoms with E-state index in [9.17, 15) is 4.39 Å². The molecule has 0 fully saturated rings. The molecule has 2 aromatic carbocycles. The highest BCUT2D eigenvalue weighted by atomic mass is 19.1. The van der Waals surface area contributed by atoms with Crippen molar-refractivity contribution in [2.75, 3.05) is 0 Å². The Balaban J connectivity index is 1.70. The third-order valence-electron chi connectivity index (χ3n) is 3.63. The average molecular weight is 267 g/mol. The Morgan fingerprint density at radius 2 is 1.95 bits per heavy atom. The molecule has 0 amide bonds. The molecule has 0 saturated heterocycles. The molecule has 2 aromatic rings. The molecule has 0 aromatic heterocycles.